The summed E-state index contributed by atoms with van der Waals surface area (Å²) in [7, 11) is -3.92. The first kappa shape index (κ1) is 15.1. The van der Waals surface area contributed by atoms with Gasteiger partial charge in [-0.1, -0.05) is 0 Å². The molecule has 0 saturated heterocycles. The van der Waals surface area contributed by atoms with Gasteiger partial charge in [0.15, 0.2) is 0 Å². The predicted octanol–water partition coefficient (Wildman–Crippen LogP) is 3.57. The lowest BCUT2D eigenvalue weighted by Gasteiger charge is -2.16. The van der Waals surface area contributed by atoms with E-state index < -0.39 is 19.5 Å². The van der Waals surface area contributed by atoms with Crippen molar-refractivity contribution in [2.24, 2.45) is 0 Å². The average molecular weight is 278 g/mol. The highest BCUT2D eigenvalue weighted by atomic mass is 31.2. The molecule has 5 nitrogen and oxygen atoms in total. The molecule has 1 aliphatic carbocycles. The molecule has 1 atom stereocenters. The lowest BCUT2D eigenvalue weighted by molar-refractivity contribution is 0.171. The maximum atomic E-state index is 12.8. The lowest BCUT2D eigenvalue weighted by atomic mass is 10.1. The molecule has 1 unspecified atom stereocenters. The monoisotopic (exact) mass is 278 g/mol. The summed E-state index contributed by atoms with van der Waals surface area (Å²) in [5, 5.41) is 0. The third-order valence-corrected chi connectivity index (χ3v) is 3.78. The van der Waals surface area contributed by atoms with Crippen molar-refractivity contribution in [2.75, 3.05) is 13.2 Å². The van der Waals surface area contributed by atoms with Crippen LogP contribution in [0.3, 0.4) is 0 Å². The number of allylic oxidation sites excluding steroid dienone is 3. The summed E-state index contributed by atoms with van der Waals surface area (Å²) in [5.41, 5.74) is -1.08. The average Bonchev–Trinajstić information content (AvgIpc) is 2.32. The molecule has 18 heavy (non-hydrogen) atoms. The Labute approximate surface area is 105 Å². The second-order valence-electron chi connectivity index (χ2n) is 3.42. The zero-order chi connectivity index (χ0) is 13.6. The summed E-state index contributed by atoms with van der Waals surface area (Å²) >= 11 is 0. The van der Waals surface area contributed by atoms with E-state index in [0.29, 0.717) is 0 Å². The minimum Gasteiger partial charge on any atom is -0.418 e. The molecule has 1 aliphatic rings. The van der Waals surface area contributed by atoms with Gasteiger partial charge in [0, 0.05) is 6.42 Å². The Morgan fingerprint density at radius 1 is 1.44 bits per heavy atom. The molecular formula is C11H16FO5P. The van der Waals surface area contributed by atoms with Crippen LogP contribution in [0.25, 0.3) is 0 Å². The molecule has 1 rings (SSSR count). The van der Waals surface area contributed by atoms with Gasteiger partial charge >= 0.3 is 13.3 Å². The van der Waals surface area contributed by atoms with Crippen LogP contribution >= 0.6 is 7.60 Å². The zero-order valence-electron chi connectivity index (χ0n) is 10.3. The number of carbonyl (C=O) groups is 1. The second-order valence-corrected chi connectivity index (χ2v) is 5.29. The third kappa shape index (κ3) is 4.05. The normalized spacial score (nSPS) is 19.5. The zero-order valence-corrected chi connectivity index (χ0v) is 11.2. The van der Waals surface area contributed by atoms with Gasteiger partial charge in [-0.05, 0) is 32.1 Å². The maximum Gasteiger partial charge on any atom is 0.438 e. The van der Waals surface area contributed by atoms with Gasteiger partial charge in [0.25, 0.3) is 0 Å². The van der Waals surface area contributed by atoms with Crippen LogP contribution in [0, 0.1) is 0 Å². The molecule has 0 amide bonds. The Morgan fingerprint density at radius 2 is 2.06 bits per heavy atom. The van der Waals surface area contributed by atoms with Crippen LogP contribution in [0.4, 0.5) is 9.18 Å². The quantitative estimate of drug-likeness (QED) is 0.695. The molecule has 0 saturated carbocycles. The van der Waals surface area contributed by atoms with E-state index in [1.54, 1.807) is 13.8 Å². The smallest absolute Gasteiger partial charge is 0.418 e. The van der Waals surface area contributed by atoms with E-state index in [4.69, 9.17) is 13.8 Å². The summed E-state index contributed by atoms with van der Waals surface area (Å²) < 4.78 is 39.3. The molecule has 0 bridgehead atoms. The van der Waals surface area contributed by atoms with E-state index in [0.717, 1.165) is 0 Å². The van der Waals surface area contributed by atoms with Crippen LogP contribution in [0.2, 0.25) is 0 Å². The number of hydrogen-bond acceptors (Lipinski definition) is 5. The molecule has 0 N–H and O–H groups in total. The predicted molar refractivity (Wildman–Crippen MR) is 64.1 cm³/mol. The van der Waals surface area contributed by atoms with E-state index in [2.05, 4.69) is 0 Å². The Morgan fingerprint density at radius 3 is 2.50 bits per heavy atom. The van der Waals surface area contributed by atoms with Crippen LogP contribution in [0.15, 0.2) is 24.0 Å². The summed E-state index contributed by atoms with van der Waals surface area (Å²) in [6.07, 6.45) is 3.01. The van der Waals surface area contributed by atoms with E-state index in [-0.39, 0.29) is 25.4 Å². The summed E-state index contributed by atoms with van der Waals surface area (Å²) in [6, 6.07) is 0. The van der Waals surface area contributed by atoms with E-state index >= 15 is 0 Å². The maximum absolute atomic E-state index is 12.8. The standard InChI is InChI=1S/C11H16FO5P/c1-3-15-18(14,16-4-2)11(13)17-10-7-5-9(12)6-8-10/h5,7-9H,3-4,6H2,1-2H3. The van der Waals surface area contributed by atoms with Gasteiger partial charge < -0.3 is 13.8 Å². The van der Waals surface area contributed by atoms with Gasteiger partial charge in [-0.15, -0.1) is 0 Å². The molecule has 0 spiro atoms. The molecule has 102 valence electrons. The summed E-state index contributed by atoms with van der Waals surface area (Å²) in [4.78, 5) is 11.7. The van der Waals surface area contributed by atoms with Crippen molar-refractivity contribution in [3.8, 4) is 0 Å². The van der Waals surface area contributed by atoms with Crippen LogP contribution in [0.1, 0.15) is 20.3 Å². The van der Waals surface area contributed by atoms with Crippen LogP contribution in [0.5, 0.6) is 0 Å². The Hall–Kier alpha value is -0.970. The number of hydrogen-bond donors (Lipinski definition) is 0. The minimum absolute atomic E-state index is 0.0633. The van der Waals surface area contributed by atoms with Gasteiger partial charge in [0.1, 0.15) is 11.9 Å². The fraction of sp³-hybridized carbons (Fsp3) is 0.545. The summed E-state index contributed by atoms with van der Waals surface area (Å²) in [6.45, 7) is 3.31. The van der Waals surface area contributed by atoms with E-state index in [1.807, 2.05) is 0 Å². The number of carbonyl (C=O) groups excluding carboxylic acids is 1. The van der Waals surface area contributed by atoms with Crippen LogP contribution in [-0.2, 0) is 18.3 Å². The molecule has 0 aromatic rings. The van der Waals surface area contributed by atoms with Crippen LogP contribution in [-0.4, -0.2) is 25.1 Å². The first-order chi connectivity index (χ1) is 8.51. The lowest BCUT2D eigenvalue weighted by Crippen LogP contribution is -2.10. The van der Waals surface area contributed by atoms with E-state index in [9.17, 15) is 13.8 Å². The van der Waals surface area contributed by atoms with Gasteiger partial charge in [-0.2, -0.15) is 0 Å². The highest BCUT2D eigenvalue weighted by Crippen LogP contribution is 2.50. The van der Waals surface area contributed by atoms with Crippen molar-refractivity contribution in [1.82, 2.24) is 0 Å². The van der Waals surface area contributed by atoms with Crippen LogP contribution < -0.4 is 0 Å². The van der Waals surface area contributed by atoms with Crippen molar-refractivity contribution >= 4 is 13.3 Å². The molecule has 0 heterocycles. The van der Waals surface area contributed by atoms with Gasteiger partial charge in [-0.25, -0.2) is 13.8 Å². The van der Waals surface area contributed by atoms with Crippen molar-refractivity contribution in [1.29, 1.82) is 0 Å². The number of halogens is 1. The fourth-order valence-electron chi connectivity index (χ4n) is 1.29. The van der Waals surface area contributed by atoms with Crippen molar-refractivity contribution < 1.29 is 27.5 Å². The molecule has 0 fully saturated rings. The van der Waals surface area contributed by atoms with Gasteiger partial charge in [-0.3, -0.25) is 0 Å². The first-order valence-electron chi connectivity index (χ1n) is 5.65. The van der Waals surface area contributed by atoms with Crippen molar-refractivity contribution in [3.63, 3.8) is 0 Å². The SMILES string of the molecule is CCOP(=O)(OCC)C(=O)OC1=CCC(F)C=C1. The van der Waals surface area contributed by atoms with E-state index in [1.165, 1.54) is 18.2 Å². The highest BCUT2D eigenvalue weighted by molar-refractivity contribution is 7.71. The Kier molecular flexibility index (Phi) is 5.72. The number of alkyl halides is 1. The molecule has 0 radical (unpaired) electrons. The van der Waals surface area contributed by atoms with Crippen molar-refractivity contribution in [2.45, 2.75) is 26.4 Å². The Bertz CT molecular complexity index is 394. The second kappa shape index (κ2) is 6.83. The Balaban J connectivity index is 2.68. The van der Waals surface area contributed by atoms with Gasteiger partial charge in [0.2, 0.25) is 0 Å². The fourth-order valence-corrected chi connectivity index (χ4v) is 2.47. The first-order valence-corrected chi connectivity index (χ1v) is 7.20. The summed E-state index contributed by atoms with van der Waals surface area (Å²) in [5.74, 6) is 0.147. The molecule has 7 heteroatoms. The molecule has 0 aliphatic heterocycles. The number of rotatable bonds is 6. The molecule has 0 aromatic carbocycles. The topological polar surface area (TPSA) is 61.8 Å². The van der Waals surface area contributed by atoms with Gasteiger partial charge in [0.05, 0.1) is 13.2 Å². The molecular weight excluding hydrogens is 262 g/mol. The third-order valence-electron chi connectivity index (χ3n) is 2.04. The molecule has 0 aromatic heterocycles. The van der Waals surface area contributed by atoms with Crippen molar-refractivity contribution in [3.05, 3.63) is 24.0 Å². The number of ether oxygens (including phenoxy) is 1. The highest BCUT2D eigenvalue weighted by Gasteiger charge is 2.37. The minimum atomic E-state index is -3.92. The largest absolute Gasteiger partial charge is 0.438 e.